The number of ether oxygens (including phenoxy) is 1. The summed E-state index contributed by atoms with van der Waals surface area (Å²) < 4.78 is 5.73. The zero-order chi connectivity index (χ0) is 22.0. The van der Waals surface area contributed by atoms with Gasteiger partial charge in [0.15, 0.2) is 0 Å². The van der Waals surface area contributed by atoms with Crippen molar-refractivity contribution >= 4 is 5.97 Å². The summed E-state index contributed by atoms with van der Waals surface area (Å²) in [5.74, 6) is 2.71. The van der Waals surface area contributed by atoms with Crippen molar-refractivity contribution in [3.05, 3.63) is 0 Å². The van der Waals surface area contributed by atoms with Gasteiger partial charge in [-0.05, 0) is 85.9 Å². The molecule has 0 aliphatic heterocycles. The Morgan fingerprint density at radius 2 is 1.52 bits per heavy atom. The van der Waals surface area contributed by atoms with Gasteiger partial charge in [-0.1, -0.05) is 48.5 Å². The Bertz CT molecular complexity index is 546. The van der Waals surface area contributed by atoms with Crippen molar-refractivity contribution < 1.29 is 14.6 Å². The van der Waals surface area contributed by atoms with E-state index in [2.05, 4.69) is 20.8 Å². The molecule has 0 amide bonds. The van der Waals surface area contributed by atoms with Crippen LogP contribution in [0, 0.1) is 40.4 Å². The first kappa shape index (κ1) is 24.7. The fourth-order valence-corrected chi connectivity index (χ4v) is 7.91. The minimum Gasteiger partial charge on any atom is -0.462 e. The van der Waals surface area contributed by atoms with Gasteiger partial charge in [0, 0.05) is 12.8 Å². The van der Waals surface area contributed by atoms with Crippen molar-refractivity contribution in [3.63, 3.8) is 0 Å². The Balaban J connectivity index is 0.000000707. The second kappa shape index (κ2) is 9.71. The summed E-state index contributed by atoms with van der Waals surface area (Å²) in [5, 5.41) is 11.2. The molecule has 0 radical (unpaired) electrons. The average Bonchev–Trinajstić information content (AvgIpc) is 3.01. The van der Waals surface area contributed by atoms with Crippen molar-refractivity contribution in [2.24, 2.45) is 40.4 Å². The van der Waals surface area contributed by atoms with E-state index in [1.54, 1.807) is 0 Å². The van der Waals surface area contributed by atoms with Crippen LogP contribution in [0.1, 0.15) is 107 Å². The smallest absolute Gasteiger partial charge is 0.302 e. The first-order chi connectivity index (χ1) is 13.8. The van der Waals surface area contributed by atoms with Gasteiger partial charge >= 0.3 is 5.97 Å². The number of aliphatic hydroxyl groups is 1. The van der Waals surface area contributed by atoms with Gasteiger partial charge in [-0.3, -0.25) is 4.79 Å². The molecule has 0 aromatic rings. The average molecular weight is 409 g/mol. The van der Waals surface area contributed by atoms with Crippen molar-refractivity contribution in [2.45, 2.75) is 119 Å². The molecule has 3 heteroatoms. The Kier molecular flexibility index (Phi) is 8.27. The van der Waals surface area contributed by atoms with Gasteiger partial charge in [0.25, 0.3) is 0 Å². The highest BCUT2D eigenvalue weighted by atomic mass is 16.5. The Morgan fingerprint density at radius 1 is 0.897 bits per heavy atom. The van der Waals surface area contributed by atoms with Crippen LogP contribution in [0.2, 0.25) is 0 Å². The van der Waals surface area contributed by atoms with Gasteiger partial charge in [-0.25, -0.2) is 0 Å². The highest BCUT2D eigenvalue weighted by Crippen LogP contribution is 2.67. The van der Waals surface area contributed by atoms with E-state index in [0.29, 0.717) is 29.1 Å². The fraction of sp³-hybridized carbons (Fsp3) is 0.962. The summed E-state index contributed by atoms with van der Waals surface area (Å²) in [7, 11) is 0. The molecule has 4 aliphatic carbocycles. The van der Waals surface area contributed by atoms with E-state index >= 15 is 0 Å². The van der Waals surface area contributed by atoms with E-state index in [9.17, 15) is 9.90 Å². The van der Waals surface area contributed by atoms with Crippen molar-refractivity contribution in [1.29, 1.82) is 0 Å². The van der Waals surface area contributed by atoms with Crippen LogP contribution < -0.4 is 0 Å². The third kappa shape index (κ3) is 4.14. The number of hydrogen-bond acceptors (Lipinski definition) is 3. The van der Waals surface area contributed by atoms with E-state index in [0.717, 1.165) is 25.2 Å². The maximum Gasteiger partial charge on any atom is 0.302 e. The molecule has 9 atom stereocenters. The third-order valence-corrected chi connectivity index (χ3v) is 9.41. The fourth-order valence-electron chi connectivity index (χ4n) is 7.91. The Hall–Kier alpha value is -0.570. The first-order valence-corrected chi connectivity index (χ1v) is 12.6. The monoisotopic (exact) mass is 408 g/mol. The molecule has 0 bridgehead atoms. The van der Waals surface area contributed by atoms with E-state index in [1.807, 2.05) is 27.7 Å². The minimum absolute atomic E-state index is 0.0164. The third-order valence-electron chi connectivity index (χ3n) is 9.41. The van der Waals surface area contributed by atoms with Gasteiger partial charge in [-0.15, -0.1) is 0 Å². The largest absolute Gasteiger partial charge is 0.462 e. The molecule has 4 saturated carbocycles. The van der Waals surface area contributed by atoms with Gasteiger partial charge in [0.1, 0.15) is 6.10 Å². The van der Waals surface area contributed by atoms with Crippen molar-refractivity contribution in [1.82, 2.24) is 0 Å². The van der Waals surface area contributed by atoms with Crippen LogP contribution >= 0.6 is 0 Å². The van der Waals surface area contributed by atoms with Gasteiger partial charge in [-0.2, -0.15) is 0 Å². The summed E-state index contributed by atoms with van der Waals surface area (Å²) in [4.78, 5) is 11.6. The standard InChI is InChI=1S/C22H36O3.2C2H6/c1-13-7-8-15-20-16(9-11-21(13,15)3)22(4)10-5-6-19(25-14(2)23)17(22)12-18(20)24;2*1-2/h13,15-20,24H,5-12H2,1-4H3;2*1-2H3. The van der Waals surface area contributed by atoms with E-state index in [4.69, 9.17) is 4.74 Å². The van der Waals surface area contributed by atoms with Crippen LogP contribution in [-0.2, 0) is 9.53 Å². The molecular formula is C26H48O3. The number of carbonyl (C=O) groups excluding carboxylic acids is 1. The number of carbonyl (C=O) groups is 1. The molecule has 1 N–H and O–H groups in total. The molecule has 0 aromatic heterocycles. The second-order valence-electron chi connectivity index (χ2n) is 10.3. The van der Waals surface area contributed by atoms with Crippen LogP contribution in [-0.4, -0.2) is 23.3 Å². The molecule has 0 aromatic carbocycles. The summed E-state index contributed by atoms with van der Waals surface area (Å²) in [6, 6.07) is 0. The van der Waals surface area contributed by atoms with Crippen LogP contribution in [0.15, 0.2) is 0 Å². The predicted octanol–water partition coefficient (Wildman–Crippen LogP) is 6.62. The van der Waals surface area contributed by atoms with E-state index < -0.39 is 0 Å². The van der Waals surface area contributed by atoms with Crippen LogP contribution in [0.5, 0.6) is 0 Å². The quantitative estimate of drug-likeness (QED) is 0.496. The minimum atomic E-state index is -0.214. The number of aliphatic hydroxyl groups excluding tert-OH is 1. The predicted molar refractivity (Wildman–Crippen MR) is 121 cm³/mol. The lowest BCUT2D eigenvalue weighted by Gasteiger charge is -2.62. The molecule has 4 aliphatic rings. The Labute approximate surface area is 180 Å². The maximum absolute atomic E-state index is 11.6. The van der Waals surface area contributed by atoms with Crippen LogP contribution in [0.3, 0.4) is 0 Å². The summed E-state index contributed by atoms with van der Waals surface area (Å²) in [5.41, 5.74) is 0.657. The van der Waals surface area contributed by atoms with Gasteiger partial charge in [0.05, 0.1) is 6.10 Å². The van der Waals surface area contributed by atoms with Crippen LogP contribution in [0.25, 0.3) is 0 Å². The maximum atomic E-state index is 11.6. The lowest BCUT2D eigenvalue weighted by Crippen LogP contribution is -2.60. The molecule has 9 unspecified atom stereocenters. The normalized spacial score (nSPS) is 47.8. The highest BCUT2D eigenvalue weighted by molar-refractivity contribution is 5.66. The Morgan fingerprint density at radius 3 is 2.14 bits per heavy atom. The topological polar surface area (TPSA) is 46.5 Å². The molecular weight excluding hydrogens is 360 g/mol. The molecule has 4 fully saturated rings. The van der Waals surface area contributed by atoms with E-state index in [1.165, 1.54) is 39.0 Å². The molecule has 0 saturated heterocycles. The molecule has 170 valence electrons. The zero-order valence-electron chi connectivity index (χ0n) is 20.5. The van der Waals surface area contributed by atoms with Gasteiger partial charge < -0.3 is 9.84 Å². The zero-order valence-corrected chi connectivity index (χ0v) is 20.5. The SMILES string of the molecule is CC.CC.CC(=O)OC1CCCC2(C)C1CC(O)C1C3CCC(C)C3(C)CCC12. The van der Waals surface area contributed by atoms with Crippen molar-refractivity contribution in [3.8, 4) is 0 Å². The number of fused-ring (bicyclic) bond motifs is 5. The lowest BCUT2D eigenvalue weighted by atomic mass is 9.44. The van der Waals surface area contributed by atoms with Crippen LogP contribution in [0.4, 0.5) is 0 Å². The summed E-state index contributed by atoms with van der Waals surface area (Å²) >= 11 is 0. The van der Waals surface area contributed by atoms with E-state index in [-0.39, 0.29) is 23.6 Å². The van der Waals surface area contributed by atoms with Gasteiger partial charge in [0.2, 0.25) is 0 Å². The second-order valence-corrected chi connectivity index (χ2v) is 10.3. The summed E-state index contributed by atoms with van der Waals surface area (Å²) in [6.45, 7) is 16.9. The van der Waals surface area contributed by atoms with Crippen molar-refractivity contribution in [2.75, 3.05) is 0 Å². The number of esters is 1. The number of hydrogen-bond donors (Lipinski definition) is 1. The lowest BCUT2D eigenvalue weighted by molar-refractivity contribution is -0.197. The summed E-state index contributed by atoms with van der Waals surface area (Å²) in [6.07, 6.45) is 9.18. The molecule has 0 heterocycles. The highest BCUT2D eigenvalue weighted by Gasteiger charge is 2.62. The number of rotatable bonds is 1. The molecule has 4 rings (SSSR count). The molecule has 3 nitrogen and oxygen atoms in total. The molecule has 29 heavy (non-hydrogen) atoms. The first-order valence-electron chi connectivity index (χ1n) is 12.6. The molecule has 0 spiro atoms.